The average Bonchev–Trinajstić information content (AvgIpc) is 2.96. The SMILES string of the molecule is O=c1c(OCCCN2CCN(c3cnc4ccccc4n3)CC2)c(-c2ccccc2Br)oc2ccccc12. The van der Waals surface area contributed by atoms with E-state index in [9.17, 15) is 4.79 Å². The van der Waals surface area contributed by atoms with Gasteiger partial charge in [-0.25, -0.2) is 4.98 Å². The molecule has 7 nitrogen and oxygen atoms in total. The lowest BCUT2D eigenvalue weighted by atomic mass is 10.1. The summed E-state index contributed by atoms with van der Waals surface area (Å²) in [7, 11) is 0. The van der Waals surface area contributed by atoms with Crippen LogP contribution in [0.15, 0.2) is 92.7 Å². The molecule has 0 bridgehead atoms. The Morgan fingerprint density at radius 3 is 2.47 bits per heavy atom. The van der Waals surface area contributed by atoms with Crippen molar-refractivity contribution in [2.24, 2.45) is 0 Å². The number of piperazine rings is 1. The highest BCUT2D eigenvalue weighted by molar-refractivity contribution is 9.10. The van der Waals surface area contributed by atoms with Gasteiger partial charge in [-0.15, -0.1) is 0 Å². The number of para-hydroxylation sites is 3. The topological polar surface area (TPSA) is 71.7 Å². The number of hydrogen-bond donors (Lipinski definition) is 0. The molecule has 0 N–H and O–H groups in total. The van der Waals surface area contributed by atoms with Crippen LogP contribution < -0.4 is 15.1 Å². The number of rotatable bonds is 7. The van der Waals surface area contributed by atoms with Crippen LogP contribution in [-0.4, -0.2) is 54.2 Å². The van der Waals surface area contributed by atoms with Gasteiger partial charge in [0.05, 0.1) is 29.2 Å². The van der Waals surface area contributed by atoms with E-state index in [4.69, 9.17) is 14.1 Å². The standard InChI is InChI=1S/C30H27BrN4O3/c31-23-10-3-1-8-21(23)29-30(28(36)22-9-2-6-13-26(22)38-29)37-19-7-14-34-15-17-35(18-16-34)27-20-32-24-11-4-5-12-25(24)33-27/h1-6,8-13,20H,7,14-19H2. The van der Waals surface area contributed by atoms with Crippen LogP contribution in [0.25, 0.3) is 33.3 Å². The first-order chi connectivity index (χ1) is 18.7. The van der Waals surface area contributed by atoms with E-state index in [2.05, 4.69) is 30.7 Å². The summed E-state index contributed by atoms with van der Waals surface area (Å²) in [5, 5.41) is 0.520. The molecule has 1 aliphatic rings. The van der Waals surface area contributed by atoms with Gasteiger partial charge in [-0.2, -0.15) is 0 Å². The Balaban J connectivity index is 1.10. The Labute approximate surface area is 228 Å². The first-order valence-corrected chi connectivity index (χ1v) is 13.6. The fourth-order valence-corrected chi connectivity index (χ4v) is 5.31. The molecule has 6 rings (SSSR count). The van der Waals surface area contributed by atoms with Crippen LogP contribution in [0.2, 0.25) is 0 Å². The van der Waals surface area contributed by atoms with Crippen LogP contribution >= 0.6 is 15.9 Å². The van der Waals surface area contributed by atoms with Crippen LogP contribution in [0, 0.1) is 0 Å². The van der Waals surface area contributed by atoms with Crippen LogP contribution in [0.1, 0.15) is 6.42 Å². The van der Waals surface area contributed by atoms with E-state index in [1.54, 1.807) is 6.07 Å². The molecule has 0 saturated carbocycles. The zero-order valence-electron chi connectivity index (χ0n) is 20.8. The van der Waals surface area contributed by atoms with Gasteiger partial charge in [0.15, 0.2) is 5.76 Å². The zero-order valence-corrected chi connectivity index (χ0v) is 22.4. The van der Waals surface area contributed by atoms with Crippen molar-refractivity contribution in [3.8, 4) is 17.1 Å². The number of halogens is 1. The van der Waals surface area contributed by atoms with Crippen LogP contribution in [-0.2, 0) is 0 Å². The third-order valence-electron chi connectivity index (χ3n) is 6.87. The molecule has 192 valence electrons. The molecule has 0 amide bonds. The Morgan fingerprint density at radius 1 is 0.895 bits per heavy atom. The van der Waals surface area contributed by atoms with Crippen LogP contribution in [0.5, 0.6) is 5.75 Å². The van der Waals surface area contributed by atoms with Gasteiger partial charge in [0.2, 0.25) is 11.2 Å². The molecular formula is C30H27BrN4O3. The summed E-state index contributed by atoms with van der Waals surface area (Å²) in [4.78, 5) is 27.4. The lowest BCUT2D eigenvalue weighted by Gasteiger charge is -2.35. The Hall–Kier alpha value is -3.75. The first kappa shape index (κ1) is 24.6. The molecule has 0 aliphatic carbocycles. The Morgan fingerprint density at radius 2 is 1.63 bits per heavy atom. The van der Waals surface area contributed by atoms with E-state index >= 15 is 0 Å². The minimum atomic E-state index is -0.150. The summed E-state index contributed by atoms with van der Waals surface area (Å²) in [5.74, 6) is 1.64. The predicted molar refractivity (Wildman–Crippen MR) is 154 cm³/mol. The number of fused-ring (bicyclic) bond motifs is 2. The van der Waals surface area contributed by atoms with Gasteiger partial charge in [0.1, 0.15) is 11.4 Å². The molecule has 3 aromatic carbocycles. The smallest absolute Gasteiger partial charge is 0.235 e. The quantitative estimate of drug-likeness (QED) is 0.230. The summed E-state index contributed by atoms with van der Waals surface area (Å²) in [6.45, 7) is 4.99. The van der Waals surface area contributed by atoms with Gasteiger partial charge in [-0.05, 0) is 42.8 Å². The maximum atomic E-state index is 13.4. The third kappa shape index (κ3) is 5.01. The van der Waals surface area contributed by atoms with Gasteiger partial charge in [-0.1, -0.05) is 52.3 Å². The van der Waals surface area contributed by atoms with Gasteiger partial charge >= 0.3 is 0 Å². The molecule has 5 aromatic rings. The fourth-order valence-electron chi connectivity index (χ4n) is 4.84. The van der Waals surface area contributed by atoms with Crippen molar-refractivity contribution < 1.29 is 9.15 Å². The highest BCUT2D eigenvalue weighted by Gasteiger charge is 2.21. The number of anilines is 1. The van der Waals surface area contributed by atoms with Crippen molar-refractivity contribution >= 4 is 43.8 Å². The van der Waals surface area contributed by atoms with Crippen molar-refractivity contribution in [2.45, 2.75) is 6.42 Å². The zero-order chi connectivity index (χ0) is 25.9. The molecule has 0 spiro atoms. The summed E-state index contributed by atoms with van der Waals surface area (Å²) in [6.07, 6.45) is 2.67. The lowest BCUT2D eigenvalue weighted by molar-refractivity contribution is 0.223. The van der Waals surface area contributed by atoms with Gasteiger partial charge in [0.25, 0.3) is 0 Å². The van der Waals surface area contributed by atoms with Crippen LogP contribution in [0.4, 0.5) is 5.82 Å². The van der Waals surface area contributed by atoms with Crippen LogP contribution in [0.3, 0.4) is 0 Å². The maximum absolute atomic E-state index is 13.4. The molecule has 1 fully saturated rings. The molecule has 8 heteroatoms. The largest absolute Gasteiger partial charge is 0.486 e. The highest BCUT2D eigenvalue weighted by atomic mass is 79.9. The maximum Gasteiger partial charge on any atom is 0.235 e. The van der Waals surface area contributed by atoms with Gasteiger partial charge in [0, 0.05) is 42.8 Å². The fraction of sp³-hybridized carbons (Fsp3) is 0.233. The molecule has 1 aliphatic heterocycles. The average molecular weight is 571 g/mol. The van der Waals surface area contributed by atoms with E-state index in [1.807, 2.05) is 72.9 Å². The van der Waals surface area contributed by atoms with E-state index in [-0.39, 0.29) is 11.2 Å². The van der Waals surface area contributed by atoms with Gasteiger partial charge in [-0.3, -0.25) is 14.7 Å². The molecular weight excluding hydrogens is 544 g/mol. The molecule has 2 aromatic heterocycles. The normalized spacial score (nSPS) is 14.3. The minimum absolute atomic E-state index is 0.150. The second-order valence-corrected chi connectivity index (χ2v) is 10.2. The molecule has 1 saturated heterocycles. The minimum Gasteiger partial charge on any atom is -0.486 e. The second kappa shape index (κ2) is 10.9. The Bertz CT molecular complexity index is 1650. The van der Waals surface area contributed by atoms with E-state index < -0.39 is 0 Å². The van der Waals surface area contributed by atoms with Crippen molar-refractivity contribution in [1.82, 2.24) is 14.9 Å². The summed E-state index contributed by atoms with van der Waals surface area (Å²) < 4.78 is 13.2. The first-order valence-electron chi connectivity index (χ1n) is 12.8. The number of ether oxygens (including phenoxy) is 1. The molecule has 38 heavy (non-hydrogen) atoms. The highest BCUT2D eigenvalue weighted by Crippen LogP contribution is 2.35. The second-order valence-electron chi connectivity index (χ2n) is 9.31. The number of hydrogen-bond acceptors (Lipinski definition) is 7. The van der Waals surface area contributed by atoms with Gasteiger partial charge < -0.3 is 14.1 Å². The third-order valence-corrected chi connectivity index (χ3v) is 7.56. The molecule has 0 unspecified atom stereocenters. The molecule has 0 atom stereocenters. The lowest BCUT2D eigenvalue weighted by Crippen LogP contribution is -2.47. The number of benzene rings is 3. The Kier molecular flexibility index (Phi) is 7.07. The predicted octanol–water partition coefficient (Wildman–Crippen LogP) is 5.76. The van der Waals surface area contributed by atoms with Crippen molar-refractivity contribution in [1.29, 1.82) is 0 Å². The molecule has 3 heterocycles. The summed E-state index contributed by atoms with van der Waals surface area (Å²) >= 11 is 3.59. The van der Waals surface area contributed by atoms with Crippen molar-refractivity contribution in [3.05, 3.63) is 93.7 Å². The number of aromatic nitrogens is 2. The monoisotopic (exact) mass is 570 g/mol. The number of nitrogens with zero attached hydrogens (tertiary/aromatic N) is 4. The summed E-state index contributed by atoms with van der Waals surface area (Å²) in [6, 6.07) is 22.9. The van der Waals surface area contributed by atoms with Crippen molar-refractivity contribution in [2.75, 3.05) is 44.2 Å². The molecule has 0 radical (unpaired) electrons. The van der Waals surface area contributed by atoms with E-state index in [0.717, 1.165) is 66.0 Å². The van der Waals surface area contributed by atoms with E-state index in [0.29, 0.717) is 23.3 Å². The van der Waals surface area contributed by atoms with Crippen molar-refractivity contribution in [3.63, 3.8) is 0 Å². The summed E-state index contributed by atoms with van der Waals surface area (Å²) in [5.41, 5.74) is 3.02. The van der Waals surface area contributed by atoms with E-state index in [1.165, 1.54) is 0 Å².